The highest BCUT2D eigenvalue weighted by Gasteiger charge is 2.25. The van der Waals surface area contributed by atoms with Gasteiger partial charge >= 0.3 is 6.09 Å². The number of carbonyl (C=O) groups excluding carboxylic acids is 1. The fourth-order valence-corrected chi connectivity index (χ4v) is 3.62. The van der Waals surface area contributed by atoms with Gasteiger partial charge in [-0.3, -0.25) is 0 Å². The zero-order valence-corrected chi connectivity index (χ0v) is 19.2. The van der Waals surface area contributed by atoms with Crippen LogP contribution in [-0.2, 0) is 11.2 Å². The third-order valence-electron chi connectivity index (χ3n) is 5.08. The van der Waals surface area contributed by atoms with Crippen molar-refractivity contribution in [2.24, 2.45) is 0 Å². The van der Waals surface area contributed by atoms with Crippen molar-refractivity contribution >= 4 is 6.09 Å². The molecule has 4 rings (SSSR count). The van der Waals surface area contributed by atoms with E-state index in [1.807, 2.05) is 106 Å². The molecule has 0 saturated heterocycles. The first-order chi connectivity index (χ1) is 15.9. The van der Waals surface area contributed by atoms with Crippen molar-refractivity contribution < 1.29 is 9.53 Å². The molecule has 0 atom stereocenters. The predicted octanol–water partition coefficient (Wildman–Crippen LogP) is 6.93. The van der Waals surface area contributed by atoms with Gasteiger partial charge < -0.3 is 4.74 Å². The number of rotatable bonds is 3. The number of carbonyl (C=O) groups is 1. The van der Waals surface area contributed by atoms with E-state index >= 15 is 0 Å². The van der Waals surface area contributed by atoms with Gasteiger partial charge in [0.05, 0.1) is 5.69 Å². The SMILES string of the molecule is CC(C)(C)OC(=O)n1c(-c2ccccc2)cc(C#Cc2ccccc2)c1Cc1ccccc1. The highest BCUT2D eigenvalue weighted by atomic mass is 16.6. The van der Waals surface area contributed by atoms with Crippen LogP contribution in [0.3, 0.4) is 0 Å². The lowest BCUT2D eigenvalue weighted by molar-refractivity contribution is 0.0536. The Hall–Kier alpha value is -4.03. The number of hydrogen-bond acceptors (Lipinski definition) is 2. The van der Waals surface area contributed by atoms with Gasteiger partial charge in [-0.15, -0.1) is 0 Å². The lowest BCUT2D eigenvalue weighted by Gasteiger charge is -2.22. The van der Waals surface area contributed by atoms with E-state index in [1.165, 1.54) is 0 Å². The van der Waals surface area contributed by atoms with Crippen molar-refractivity contribution in [2.75, 3.05) is 0 Å². The molecule has 3 heteroatoms. The zero-order valence-electron chi connectivity index (χ0n) is 19.2. The predicted molar refractivity (Wildman–Crippen MR) is 133 cm³/mol. The molecule has 0 N–H and O–H groups in total. The van der Waals surface area contributed by atoms with Crippen LogP contribution in [0.15, 0.2) is 97.1 Å². The zero-order chi connectivity index (χ0) is 23.3. The lowest BCUT2D eigenvalue weighted by Crippen LogP contribution is -2.28. The fourth-order valence-electron chi connectivity index (χ4n) is 3.62. The maximum Gasteiger partial charge on any atom is 0.419 e. The van der Waals surface area contributed by atoms with Crippen LogP contribution in [0.2, 0.25) is 0 Å². The summed E-state index contributed by atoms with van der Waals surface area (Å²) in [5, 5.41) is 0. The number of benzene rings is 3. The molecule has 0 aliphatic heterocycles. The quantitative estimate of drug-likeness (QED) is 0.328. The second kappa shape index (κ2) is 9.63. The molecule has 1 aromatic heterocycles. The lowest BCUT2D eigenvalue weighted by atomic mass is 10.1. The van der Waals surface area contributed by atoms with Crippen LogP contribution in [0.5, 0.6) is 0 Å². The third-order valence-corrected chi connectivity index (χ3v) is 5.08. The summed E-state index contributed by atoms with van der Waals surface area (Å²) in [7, 11) is 0. The molecule has 0 saturated carbocycles. The topological polar surface area (TPSA) is 31.2 Å². The molecule has 0 unspecified atom stereocenters. The summed E-state index contributed by atoms with van der Waals surface area (Å²) in [5.74, 6) is 6.57. The van der Waals surface area contributed by atoms with E-state index in [9.17, 15) is 4.79 Å². The third kappa shape index (κ3) is 5.61. The van der Waals surface area contributed by atoms with Gasteiger partial charge in [-0.1, -0.05) is 90.7 Å². The van der Waals surface area contributed by atoms with Crippen LogP contribution in [0.25, 0.3) is 11.3 Å². The van der Waals surface area contributed by atoms with E-state index in [0.717, 1.165) is 33.6 Å². The number of aromatic nitrogens is 1. The van der Waals surface area contributed by atoms with Gasteiger partial charge in [-0.2, -0.15) is 0 Å². The number of nitrogens with zero attached hydrogens (tertiary/aromatic N) is 1. The summed E-state index contributed by atoms with van der Waals surface area (Å²) in [6.45, 7) is 5.64. The molecule has 0 radical (unpaired) electrons. The van der Waals surface area contributed by atoms with Crippen LogP contribution in [0.4, 0.5) is 4.79 Å². The normalized spacial score (nSPS) is 10.9. The van der Waals surface area contributed by atoms with Gasteiger partial charge in [0.2, 0.25) is 0 Å². The molecule has 0 amide bonds. The average molecular weight is 434 g/mol. The Morgan fingerprint density at radius 3 is 2.00 bits per heavy atom. The highest BCUT2D eigenvalue weighted by Crippen LogP contribution is 2.29. The summed E-state index contributed by atoms with van der Waals surface area (Å²) in [4.78, 5) is 13.4. The minimum absolute atomic E-state index is 0.403. The molecule has 164 valence electrons. The van der Waals surface area contributed by atoms with Crippen LogP contribution in [0, 0.1) is 11.8 Å². The molecule has 0 spiro atoms. The van der Waals surface area contributed by atoms with Crippen molar-refractivity contribution in [3.63, 3.8) is 0 Å². The van der Waals surface area contributed by atoms with Crippen LogP contribution < -0.4 is 0 Å². The minimum atomic E-state index is -0.616. The Morgan fingerprint density at radius 2 is 1.39 bits per heavy atom. The standard InChI is InChI=1S/C30H27NO2/c1-30(2,3)33-29(32)31-27(21-24-15-9-5-10-16-24)26(20-19-23-13-7-4-8-14-23)22-28(31)25-17-11-6-12-18-25/h4-18,22H,21H2,1-3H3. The molecule has 1 heterocycles. The van der Waals surface area contributed by atoms with Crippen molar-refractivity contribution in [1.82, 2.24) is 4.57 Å². The Morgan fingerprint density at radius 1 is 0.818 bits per heavy atom. The Bertz CT molecular complexity index is 1290. The van der Waals surface area contributed by atoms with Crippen molar-refractivity contribution in [1.29, 1.82) is 0 Å². The molecule has 0 aliphatic carbocycles. The molecule has 0 bridgehead atoms. The van der Waals surface area contributed by atoms with E-state index in [0.29, 0.717) is 6.42 Å². The monoisotopic (exact) mass is 433 g/mol. The molecule has 33 heavy (non-hydrogen) atoms. The van der Waals surface area contributed by atoms with Crippen LogP contribution in [0.1, 0.15) is 43.2 Å². The Kier molecular flexibility index (Phi) is 6.47. The summed E-state index contributed by atoms with van der Waals surface area (Å²) in [6, 6.07) is 31.9. The molecule has 0 fully saturated rings. The second-order valence-corrected chi connectivity index (χ2v) is 8.85. The van der Waals surface area contributed by atoms with Gasteiger partial charge in [-0.05, 0) is 50.1 Å². The fraction of sp³-hybridized carbons (Fsp3) is 0.167. The molecule has 0 aliphatic rings. The van der Waals surface area contributed by atoms with Gasteiger partial charge in [-0.25, -0.2) is 9.36 Å². The first kappa shape index (κ1) is 22.2. The summed E-state index contributed by atoms with van der Waals surface area (Å²) < 4.78 is 7.50. The maximum absolute atomic E-state index is 13.4. The van der Waals surface area contributed by atoms with Gasteiger partial charge in [0.1, 0.15) is 5.60 Å². The summed E-state index contributed by atoms with van der Waals surface area (Å²) in [5.41, 5.74) is 4.75. The van der Waals surface area contributed by atoms with Gasteiger partial charge in [0.25, 0.3) is 0 Å². The highest BCUT2D eigenvalue weighted by molar-refractivity contribution is 5.82. The first-order valence-electron chi connectivity index (χ1n) is 11.0. The smallest absolute Gasteiger partial charge is 0.419 e. The average Bonchev–Trinajstić information content (AvgIpc) is 3.17. The largest absolute Gasteiger partial charge is 0.443 e. The van der Waals surface area contributed by atoms with Crippen LogP contribution in [-0.4, -0.2) is 16.3 Å². The number of ether oxygens (including phenoxy) is 1. The molecular weight excluding hydrogens is 406 g/mol. The maximum atomic E-state index is 13.4. The number of hydrogen-bond donors (Lipinski definition) is 0. The van der Waals surface area contributed by atoms with E-state index in [2.05, 4.69) is 24.0 Å². The molecule has 3 nitrogen and oxygen atoms in total. The molecule has 4 aromatic rings. The molecule has 3 aromatic carbocycles. The van der Waals surface area contributed by atoms with Crippen molar-refractivity contribution in [3.8, 4) is 23.1 Å². The van der Waals surface area contributed by atoms with Gasteiger partial charge in [0.15, 0.2) is 0 Å². The van der Waals surface area contributed by atoms with E-state index in [4.69, 9.17) is 4.74 Å². The first-order valence-corrected chi connectivity index (χ1v) is 11.0. The van der Waals surface area contributed by atoms with E-state index < -0.39 is 11.7 Å². The van der Waals surface area contributed by atoms with Crippen LogP contribution >= 0.6 is 0 Å². The summed E-state index contributed by atoms with van der Waals surface area (Å²) in [6.07, 6.45) is 0.158. The van der Waals surface area contributed by atoms with E-state index in [1.54, 1.807) is 4.57 Å². The van der Waals surface area contributed by atoms with Crippen molar-refractivity contribution in [3.05, 3.63) is 119 Å². The van der Waals surface area contributed by atoms with E-state index in [-0.39, 0.29) is 0 Å². The van der Waals surface area contributed by atoms with Crippen molar-refractivity contribution in [2.45, 2.75) is 32.8 Å². The minimum Gasteiger partial charge on any atom is -0.443 e. The Balaban J connectivity index is 1.91. The Labute approximate surface area is 195 Å². The van der Waals surface area contributed by atoms with Gasteiger partial charge in [0, 0.05) is 23.2 Å². The summed E-state index contributed by atoms with van der Waals surface area (Å²) >= 11 is 0. The second-order valence-electron chi connectivity index (χ2n) is 8.85. The molecular formula is C30H27NO2.